The molecule has 8 rings (SSSR count). The molecule has 0 aromatic heterocycles. The van der Waals surface area contributed by atoms with Gasteiger partial charge in [0.25, 0.3) is 0 Å². The van der Waals surface area contributed by atoms with Crippen molar-refractivity contribution in [2.75, 3.05) is 4.90 Å². The Balaban J connectivity index is 1.44. The summed E-state index contributed by atoms with van der Waals surface area (Å²) in [4.78, 5) is 2.53. The van der Waals surface area contributed by atoms with Gasteiger partial charge in [0, 0.05) is 11.1 Å². The van der Waals surface area contributed by atoms with E-state index >= 15 is 0 Å². The lowest BCUT2D eigenvalue weighted by atomic mass is 9.34. The van der Waals surface area contributed by atoms with E-state index in [1.807, 2.05) is 0 Å². The lowest BCUT2D eigenvalue weighted by Gasteiger charge is -2.42. The van der Waals surface area contributed by atoms with Gasteiger partial charge < -0.3 is 4.90 Å². The zero-order valence-corrected chi connectivity index (χ0v) is 32.5. The van der Waals surface area contributed by atoms with Crippen LogP contribution in [0.15, 0.2) is 133 Å². The molecule has 1 nitrogen and oxygen atoms in total. The second-order valence-electron chi connectivity index (χ2n) is 16.1. The van der Waals surface area contributed by atoms with Crippen molar-refractivity contribution in [2.45, 2.75) is 78.6 Å². The molecule has 3 heteroatoms. The summed E-state index contributed by atoms with van der Waals surface area (Å²) in [5, 5.41) is 4.46. The van der Waals surface area contributed by atoms with Crippen LogP contribution in [-0.2, 0) is 5.41 Å². The average molecular weight is 679 g/mol. The first-order valence-electron chi connectivity index (χ1n) is 18.9. The molecule has 0 unspecified atom stereocenters. The Labute approximate surface area is 308 Å². The van der Waals surface area contributed by atoms with Gasteiger partial charge in [-0.25, -0.2) is 0 Å². The van der Waals surface area contributed by atoms with E-state index in [9.17, 15) is 0 Å². The maximum absolute atomic E-state index is 2.58. The third-order valence-electron chi connectivity index (χ3n) is 11.6. The van der Waals surface area contributed by atoms with Gasteiger partial charge in [0.15, 0.2) is 8.80 Å². The van der Waals surface area contributed by atoms with Crippen LogP contribution >= 0.6 is 0 Å². The number of rotatable bonds is 6. The number of para-hydroxylation sites is 2. The molecule has 2 aliphatic heterocycles. The largest absolute Gasteiger partial charge is 0.310 e. The minimum atomic E-state index is -1.33. The van der Waals surface area contributed by atoms with Crippen LogP contribution in [0.2, 0.25) is 0 Å². The summed E-state index contributed by atoms with van der Waals surface area (Å²) >= 11 is 0. The summed E-state index contributed by atoms with van der Waals surface area (Å²) in [7, 11) is -1.33. The van der Waals surface area contributed by atoms with E-state index in [0.717, 1.165) is 0 Å². The van der Waals surface area contributed by atoms with E-state index in [1.54, 1.807) is 0 Å². The van der Waals surface area contributed by atoms with Gasteiger partial charge in [-0.2, -0.15) is 0 Å². The molecule has 0 fully saturated rings. The fraction of sp³-hybridized carbons (Fsp3) is 0.250. The van der Waals surface area contributed by atoms with Crippen molar-refractivity contribution in [1.82, 2.24) is 0 Å². The molecular formula is C48H49BNSi. The monoisotopic (exact) mass is 678 g/mol. The minimum absolute atomic E-state index is 0.0937. The van der Waals surface area contributed by atoms with Gasteiger partial charge in [-0.15, -0.1) is 0 Å². The van der Waals surface area contributed by atoms with Crippen molar-refractivity contribution in [3.05, 3.63) is 161 Å². The van der Waals surface area contributed by atoms with Crippen LogP contribution in [0.1, 0.15) is 101 Å². The van der Waals surface area contributed by atoms with Crippen molar-refractivity contribution < 1.29 is 0 Å². The molecule has 0 amide bonds. The lowest BCUT2D eigenvalue weighted by molar-refractivity contribution is 0.632. The molecule has 6 aromatic carbocycles. The van der Waals surface area contributed by atoms with Gasteiger partial charge in [0.05, 0.1) is 11.4 Å². The SMILES string of the molecule is CC(C)c1cc(C(C)C)c(B2c3ccccc3[Si](c3ccccc3)c3cc(N4c5ccccc5C(C)(C)c5ccccc54)ccc32)c(C(C)C)c1. The summed E-state index contributed by atoms with van der Waals surface area (Å²) in [6.45, 7) is 19.1. The molecule has 0 atom stereocenters. The van der Waals surface area contributed by atoms with Gasteiger partial charge in [-0.1, -0.05) is 197 Å². The van der Waals surface area contributed by atoms with E-state index in [2.05, 4.69) is 194 Å². The Morgan fingerprint density at radius 2 is 1.06 bits per heavy atom. The van der Waals surface area contributed by atoms with Gasteiger partial charge >= 0.3 is 0 Å². The molecule has 1 radical (unpaired) electrons. The number of nitrogens with zero attached hydrogens (tertiary/aromatic N) is 1. The topological polar surface area (TPSA) is 3.24 Å². The Morgan fingerprint density at radius 1 is 0.529 bits per heavy atom. The summed E-state index contributed by atoms with van der Waals surface area (Å²) in [5.74, 6) is 1.31. The number of hydrogen-bond donors (Lipinski definition) is 0. The summed E-state index contributed by atoms with van der Waals surface area (Å²) < 4.78 is 0. The Kier molecular flexibility index (Phi) is 8.46. The first kappa shape index (κ1) is 33.5. The van der Waals surface area contributed by atoms with E-state index in [0.29, 0.717) is 17.8 Å². The minimum Gasteiger partial charge on any atom is -0.310 e. The van der Waals surface area contributed by atoms with Gasteiger partial charge in [-0.3, -0.25) is 0 Å². The number of fused-ring (bicyclic) bond motifs is 4. The Hall–Kier alpha value is -4.60. The molecule has 51 heavy (non-hydrogen) atoms. The fourth-order valence-electron chi connectivity index (χ4n) is 8.96. The molecule has 0 saturated heterocycles. The molecule has 0 saturated carbocycles. The first-order valence-corrected chi connectivity index (χ1v) is 20.4. The molecule has 253 valence electrons. The van der Waals surface area contributed by atoms with E-state index in [4.69, 9.17) is 0 Å². The lowest BCUT2D eigenvalue weighted by Crippen LogP contribution is -2.75. The zero-order valence-electron chi connectivity index (χ0n) is 31.5. The standard InChI is InChI=1S/C48H49BNSi/c1-31(2)34-28-37(32(3)4)47(38(29-34)33(5)6)49-41-22-14-17-25-45(41)51(36-18-10-9-11-19-36)46-30-35(26-27-42(46)49)50-43-23-15-12-20-39(43)48(7,8)40-21-13-16-24-44(40)50/h9-33H,1-8H3. The van der Waals surface area contributed by atoms with Crippen LogP contribution in [-0.4, -0.2) is 15.5 Å². The Morgan fingerprint density at radius 3 is 1.65 bits per heavy atom. The van der Waals surface area contributed by atoms with Crippen LogP contribution < -0.4 is 36.8 Å². The van der Waals surface area contributed by atoms with Gasteiger partial charge in [0.1, 0.15) is 0 Å². The highest BCUT2D eigenvalue weighted by Gasteiger charge is 2.42. The molecular weight excluding hydrogens is 629 g/mol. The number of hydrogen-bond acceptors (Lipinski definition) is 1. The number of benzene rings is 6. The average Bonchev–Trinajstić information content (AvgIpc) is 3.13. The molecule has 0 aliphatic carbocycles. The predicted molar refractivity (Wildman–Crippen MR) is 224 cm³/mol. The van der Waals surface area contributed by atoms with Crippen LogP contribution in [0.5, 0.6) is 0 Å². The van der Waals surface area contributed by atoms with Crippen molar-refractivity contribution in [3.63, 3.8) is 0 Å². The highest BCUT2D eigenvalue weighted by atomic mass is 28.3. The quantitative estimate of drug-likeness (QED) is 0.160. The smallest absolute Gasteiger partial charge is 0.241 e. The second-order valence-corrected chi connectivity index (χ2v) is 18.5. The van der Waals surface area contributed by atoms with Crippen LogP contribution in [0.3, 0.4) is 0 Å². The van der Waals surface area contributed by atoms with Crippen LogP contribution in [0.25, 0.3) is 0 Å². The maximum atomic E-state index is 2.58. The third-order valence-corrected chi connectivity index (χ3v) is 14.5. The van der Waals surface area contributed by atoms with Crippen molar-refractivity contribution in [1.29, 1.82) is 0 Å². The first-order chi connectivity index (χ1) is 24.6. The molecule has 0 N–H and O–H groups in total. The number of anilines is 3. The summed E-state index contributed by atoms with van der Waals surface area (Å²) in [6, 6.07) is 51.4. The highest BCUT2D eigenvalue weighted by Crippen LogP contribution is 2.51. The second kappa shape index (κ2) is 12.9. The van der Waals surface area contributed by atoms with Crippen molar-refractivity contribution >= 4 is 64.5 Å². The van der Waals surface area contributed by atoms with Crippen molar-refractivity contribution in [2.24, 2.45) is 0 Å². The highest BCUT2D eigenvalue weighted by molar-refractivity contribution is 7.11. The van der Waals surface area contributed by atoms with E-state index in [1.165, 1.54) is 76.8 Å². The van der Waals surface area contributed by atoms with Gasteiger partial charge in [-0.05, 0) is 69.8 Å². The molecule has 2 aliphatic rings. The fourth-order valence-corrected chi connectivity index (χ4v) is 12.0. The Bertz CT molecular complexity index is 2170. The maximum Gasteiger partial charge on any atom is 0.241 e. The predicted octanol–water partition coefficient (Wildman–Crippen LogP) is 8.51. The normalized spacial score (nSPS) is 14.8. The van der Waals surface area contributed by atoms with Crippen LogP contribution in [0, 0.1) is 0 Å². The van der Waals surface area contributed by atoms with Crippen molar-refractivity contribution in [3.8, 4) is 0 Å². The molecule has 2 heterocycles. The molecule has 0 bridgehead atoms. The summed E-state index contributed by atoms with van der Waals surface area (Å²) in [5.41, 5.74) is 15.3. The van der Waals surface area contributed by atoms with E-state index < -0.39 is 8.80 Å². The van der Waals surface area contributed by atoms with Gasteiger partial charge in [0.2, 0.25) is 6.71 Å². The third kappa shape index (κ3) is 5.44. The zero-order chi connectivity index (χ0) is 35.6. The molecule has 0 spiro atoms. The van der Waals surface area contributed by atoms with Crippen LogP contribution in [0.4, 0.5) is 17.1 Å². The molecule has 6 aromatic rings. The summed E-state index contributed by atoms with van der Waals surface area (Å²) in [6.07, 6.45) is 0. The van der Waals surface area contributed by atoms with E-state index in [-0.39, 0.29) is 12.1 Å².